The third kappa shape index (κ3) is 3.62. The third-order valence-corrected chi connectivity index (χ3v) is 3.78. The van der Waals surface area contributed by atoms with Crippen LogP contribution < -0.4 is 14.2 Å². The monoisotopic (exact) mass is 322 g/mol. The number of para-hydroxylation sites is 1. The van der Waals surface area contributed by atoms with Crippen molar-refractivity contribution in [3.63, 3.8) is 0 Å². The maximum absolute atomic E-state index is 5.97. The molecule has 3 heteroatoms. The molecular formula is C21H22O3. The normalized spacial score (nSPS) is 10.6. The topological polar surface area (TPSA) is 27.7 Å². The third-order valence-electron chi connectivity index (χ3n) is 3.78. The predicted octanol–water partition coefficient (Wildman–Crippen LogP) is 5.00. The van der Waals surface area contributed by atoms with Crippen molar-refractivity contribution in [2.24, 2.45) is 0 Å². The van der Waals surface area contributed by atoms with E-state index in [0.717, 1.165) is 33.6 Å². The standard InChI is InChI=1S/C21H22O3/c1-3-22-21-16(2)15-20(18-11-7-8-12-19(18)21)24-14-13-23-17-9-5-4-6-10-17/h4-12,15H,3,13-14H2,1-2H3. The van der Waals surface area contributed by atoms with Crippen molar-refractivity contribution in [3.05, 3.63) is 66.2 Å². The van der Waals surface area contributed by atoms with Gasteiger partial charge in [-0.05, 0) is 37.6 Å². The minimum absolute atomic E-state index is 0.492. The van der Waals surface area contributed by atoms with Crippen molar-refractivity contribution >= 4 is 10.8 Å². The first kappa shape index (κ1) is 16.2. The summed E-state index contributed by atoms with van der Waals surface area (Å²) in [5, 5.41) is 2.14. The molecule has 0 fully saturated rings. The van der Waals surface area contributed by atoms with Crippen molar-refractivity contribution in [2.45, 2.75) is 13.8 Å². The molecule has 0 saturated carbocycles. The van der Waals surface area contributed by atoms with Crippen molar-refractivity contribution in [2.75, 3.05) is 19.8 Å². The van der Waals surface area contributed by atoms with E-state index in [-0.39, 0.29) is 0 Å². The van der Waals surface area contributed by atoms with Crippen LogP contribution in [0.4, 0.5) is 0 Å². The van der Waals surface area contributed by atoms with E-state index in [2.05, 4.69) is 12.1 Å². The highest BCUT2D eigenvalue weighted by atomic mass is 16.5. The second-order valence-corrected chi connectivity index (χ2v) is 5.51. The molecule has 0 bridgehead atoms. The lowest BCUT2D eigenvalue weighted by Gasteiger charge is -2.15. The van der Waals surface area contributed by atoms with E-state index in [0.29, 0.717) is 19.8 Å². The Morgan fingerprint density at radius 1 is 0.750 bits per heavy atom. The van der Waals surface area contributed by atoms with Gasteiger partial charge in [-0.25, -0.2) is 0 Å². The average molecular weight is 322 g/mol. The highest BCUT2D eigenvalue weighted by Crippen LogP contribution is 2.36. The number of hydrogen-bond donors (Lipinski definition) is 0. The first-order chi connectivity index (χ1) is 11.8. The second kappa shape index (κ2) is 7.73. The fourth-order valence-electron chi connectivity index (χ4n) is 2.73. The lowest BCUT2D eigenvalue weighted by Crippen LogP contribution is -2.09. The molecule has 0 aromatic heterocycles. The van der Waals surface area contributed by atoms with Gasteiger partial charge in [0.25, 0.3) is 0 Å². The summed E-state index contributed by atoms with van der Waals surface area (Å²) in [6.45, 7) is 5.69. The fourth-order valence-corrected chi connectivity index (χ4v) is 2.73. The van der Waals surface area contributed by atoms with Crippen LogP contribution in [0.3, 0.4) is 0 Å². The van der Waals surface area contributed by atoms with E-state index in [9.17, 15) is 0 Å². The van der Waals surface area contributed by atoms with Crippen LogP contribution in [-0.2, 0) is 0 Å². The molecule has 0 amide bonds. The van der Waals surface area contributed by atoms with Crippen LogP contribution in [0.1, 0.15) is 12.5 Å². The Morgan fingerprint density at radius 2 is 1.42 bits per heavy atom. The molecule has 3 aromatic rings. The highest BCUT2D eigenvalue weighted by molar-refractivity contribution is 5.94. The van der Waals surface area contributed by atoms with Crippen LogP contribution in [0.2, 0.25) is 0 Å². The Hall–Kier alpha value is -2.68. The van der Waals surface area contributed by atoms with E-state index in [1.165, 1.54) is 0 Å². The molecule has 3 nitrogen and oxygen atoms in total. The zero-order chi connectivity index (χ0) is 16.8. The molecule has 0 aliphatic heterocycles. The summed E-state index contributed by atoms with van der Waals surface area (Å²) in [5.74, 6) is 2.65. The lowest BCUT2D eigenvalue weighted by molar-refractivity contribution is 0.218. The maximum atomic E-state index is 5.97. The molecule has 0 spiro atoms. The van der Waals surface area contributed by atoms with Crippen molar-refractivity contribution in [3.8, 4) is 17.2 Å². The number of hydrogen-bond acceptors (Lipinski definition) is 3. The minimum Gasteiger partial charge on any atom is -0.493 e. The minimum atomic E-state index is 0.492. The Bertz CT molecular complexity index is 797. The van der Waals surface area contributed by atoms with Crippen LogP contribution in [0.5, 0.6) is 17.2 Å². The quantitative estimate of drug-likeness (QED) is 0.573. The fraction of sp³-hybridized carbons (Fsp3) is 0.238. The molecule has 0 radical (unpaired) electrons. The summed E-state index contributed by atoms with van der Waals surface area (Å²) in [7, 11) is 0. The van der Waals surface area contributed by atoms with Crippen molar-refractivity contribution < 1.29 is 14.2 Å². The number of benzene rings is 3. The molecule has 24 heavy (non-hydrogen) atoms. The lowest BCUT2D eigenvalue weighted by atomic mass is 10.0. The molecule has 124 valence electrons. The molecule has 0 heterocycles. The molecule has 3 aromatic carbocycles. The van der Waals surface area contributed by atoms with E-state index in [4.69, 9.17) is 14.2 Å². The second-order valence-electron chi connectivity index (χ2n) is 5.51. The zero-order valence-corrected chi connectivity index (χ0v) is 14.1. The van der Waals surface area contributed by atoms with Crippen LogP contribution in [0.15, 0.2) is 60.7 Å². The Labute approximate surface area is 142 Å². The van der Waals surface area contributed by atoms with Gasteiger partial charge < -0.3 is 14.2 Å². The van der Waals surface area contributed by atoms with Gasteiger partial charge in [0.1, 0.15) is 30.5 Å². The largest absolute Gasteiger partial charge is 0.493 e. The summed E-state index contributed by atoms with van der Waals surface area (Å²) in [6.07, 6.45) is 0. The van der Waals surface area contributed by atoms with Gasteiger partial charge in [-0.3, -0.25) is 0 Å². The van der Waals surface area contributed by atoms with Crippen LogP contribution in [0, 0.1) is 6.92 Å². The first-order valence-electron chi connectivity index (χ1n) is 8.25. The summed E-state index contributed by atoms with van der Waals surface area (Å²) in [6, 6.07) is 20.0. The molecule has 3 rings (SSSR count). The number of fused-ring (bicyclic) bond motifs is 1. The van der Waals surface area contributed by atoms with Crippen molar-refractivity contribution in [1.29, 1.82) is 0 Å². The van der Waals surface area contributed by atoms with Gasteiger partial charge in [-0.15, -0.1) is 0 Å². The van der Waals surface area contributed by atoms with Gasteiger partial charge in [0.15, 0.2) is 0 Å². The molecule has 0 N–H and O–H groups in total. The van der Waals surface area contributed by atoms with Gasteiger partial charge in [0.2, 0.25) is 0 Å². The van der Waals surface area contributed by atoms with Gasteiger partial charge in [0, 0.05) is 10.8 Å². The van der Waals surface area contributed by atoms with Crippen LogP contribution in [-0.4, -0.2) is 19.8 Å². The van der Waals surface area contributed by atoms with Crippen LogP contribution >= 0.6 is 0 Å². The Morgan fingerprint density at radius 3 is 2.17 bits per heavy atom. The highest BCUT2D eigenvalue weighted by Gasteiger charge is 2.11. The maximum Gasteiger partial charge on any atom is 0.130 e. The first-order valence-corrected chi connectivity index (χ1v) is 8.25. The number of rotatable bonds is 7. The molecule has 0 aliphatic rings. The predicted molar refractivity (Wildman–Crippen MR) is 97.3 cm³/mol. The van der Waals surface area contributed by atoms with Gasteiger partial charge in [-0.2, -0.15) is 0 Å². The summed E-state index contributed by atoms with van der Waals surface area (Å²) in [5.41, 5.74) is 1.08. The van der Waals surface area contributed by atoms with Crippen LogP contribution in [0.25, 0.3) is 10.8 Å². The number of ether oxygens (including phenoxy) is 3. The van der Waals surface area contributed by atoms with Crippen molar-refractivity contribution in [1.82, 2.24) is 0 Å². The Kier molecular flexibility index (Phi) is 5.22. The molecule has 0 saturated heterocycles. The van der Waals surface area contributed by atoms with Gasteiger partial charge >= 0.3 is 0 Å². The molecule has 0 atom stereocenters. The summed E-state index contributed by atoms with van der Waals surface area (Å²) in [4.78, 5) is 0. The molecule has 0 unspecified atom stereocenters. The summed E-state index contributed by atoms with van der Waals surface area (Å²) < 4.78 is 17.5. The van der Waals surface area contributed by atoms with Gasteiger partial charge in [-0.1, -0.05) is 42.5 Å². The van der Waals surface area contributed by atoms with E-state index < -0.39 is 0 Å². The number of aryl methyl sites for hydroxylation is 1. The van der Waals surface area contributed by atoms with E-state index in [1.807, 2.05) is 62.4 Å². The average Bonchev–Trinajstić information content (AvgIpc) is 2.62. The van der Waals surface area contributed by atoms with Gasteiger partial charge in [0.05, 0.1) is 6.61 Å². The SMILES string of the molecule is CCOc1c(C)cc(OCCOc2ccccc2)c2ccccc12. The molecule has 0 aliphatic carbocycles. The zero-order valence-electron chi connectivity index (χ0n) is 14.1. The Balaban J connectivity index is 1.74. The van der Waals surface area contributed by atoms with E-state index in [1.54, 1.807) is 0 Å². The summed E-state index contributed by atoms with van der Waals surface area (Å²) >= 11 is 0. The van der Waals surface area contributed by atoms with E-state index >= 15 is 0 Å². The smallest absolute Gasteiger partial charge is 0.130 e. The molecular weight excluding hydrogens is 300 g/mol.